The van der Waals surface area contributed by atoms with E-state index in [-0.39, 0.29) is 17.0 Å². The monoisotopic (exact) mass is 298 g/mol. The largest absolute Gasteiger partial charge is 0.458 e. The first kappa shape index (κ1) is 13.6. The maximum atomic E-state index is 12.2. The first-order valence-corrected chi connectivity index (χ1v) is 8.45. The summed E-state index contributed by atoms with van der Waals surface area (Å²) in [5.41, 5.74) is 0.297. The van der Waals surface area contributed by atoms with Crippen molar-refractivity contribution in [3.8, 4) is 0 Å². The zero-order valence-electron chi connectivity index (χ0n) is 11.1. The lowest BCUT2D eigenvalue weighted by atomic mass is 9.93. The van der Waals surface area contributed by atoms with Gasteiger partial charge < -0.3 is 9.30 Å². The van der Waals surface area contributed by atoms with E-state index in [1.807, 2.05) is 0 Å². The van der Waals surface area contributed by atoms with Crippen molar-refractivity contribution in [1.82, 2.24) is 4.57 Å². The summed E-state index contributed by atoms with van der Waals surface area (Å²) in [7, 11) is -3.80. The van der Waals surface area contributed by atoms with Gasteiger partial charge in [-0.3, -0.25) is 0 Å². The van der Waals surface area contributed by atoms with Gasteiger partial charge in [-0.1, -0.05) is 0 Å². The van der Waals surface area contributed by atoms with Crippen molar-refractivity contribution >= 4 is 16.0 Å². The number of hydrogen-bond donors (Lipinski definition) is 1. The third-order valence-corrected chi connectivity index (χ3v) is 5.04. The van der Waals surface area contributed by atoms with E-state index in [2.05, 4.69) is 0 Å². The third kappa shape index (κ3) is 2.47. The van der Waals surface area contributed by atoms with Gasteiger partial charge in [0.05, 0.1) is 0 Å². The summed E-state index contributed by atoms with van der Waals surface area (Å²) >= 11 is 0. The minimum absolute atomic E-state index is 0.0230. The van der Waals surface area contributed by atoms with E-state index >= 15 is 0 Å². The van der Waals surface area contributed by atoms with Crippen LogP contribution in [-0.4, -0.2) is 25.1 Å². The molecule has 3 rings (SSSR count). The average Bonchev–Trinajstić information content (AvgIpc) is 2.65. The second kappa shape index (κ2) is 4.89. The standard InChI is InChI=1S/C13H18N2O4S/c14-20(17,18)11-7-12(13(16)19-10-5-2-6-10)15(8-11)9-3-1-4-9/h7-10H,1-6H2,(H2,14,17,18). The van der Waals surface area contributed by atoms with Crippen molar-refractivity contribution in [3.63, 3.8) is 0 Å². The van der Waals surface area contributed by atoms with Gasteiger partial charge in [0, 0.05) is 12.2 Å². The van der Waals surface area contributed by atoms with Crippen LogP contribution < -0.4 is 5.14 Å². The van der Waals surface area contributed by atoms with Gasteiger partial charge in [0.2, 0.25) is 10.0 Å². The fourth-order valence-corrected chi connectivity index (χ4v) is 2.98. The average molecular weight is 298 g/mol. The Morgan fingerprint density at radius 3 is 2.35 bits per heavy atom. The number of nitrogens with zero attached hydrogens (tertiary/aromatic N) is 1. The zero-order chi connectivity index (χ0) is 14.3. The Labute approximate surface area is 117 Å². The number of aromatic nitrogens is 1. The Morgan fingerprint density at radius 1 is 1.25 bits per heavy atom. The van der Waals surface area contributed by atoms with Gasteiger partial charge >= 0.3 is 5.97 Å². The van der Waals surface area contributed by atoms with E-state index in [0.29, 0.717) is 5.69 Å². The highest BCUT2D eigenvalue weighted by atomic mass is 32.2. The smallest absolute Gasteiger partial charge is 0.355 e. The number of hydrogen-bond acceptors (Lipinski definition) is 4. The second-order valence-electron chi connectivity index (χ2n) is 5.56. The highest BCUT2D eigenvalue weighted by Crippen LogP contribution is 2.34. The van der Waals surface area contributed by atoms with Crippen LogP contribution in [0, 0.1) is 0 Å². The summed E-state index contributed by atoms with van der Waals surface area (Å²) < 4.78 is 30.0. The molecule has 20 heavy (non-hydrogen) atoms. The molecule has 0 unspecified atom stereocenters. The SMILES string of the molecule is NS(=O)(=O)c1cc(C(=O)OC2CCC2)n(C2CCC2)c1. The summed E-state index contributed by atoms with van der Waals surface area (Å²) in [5, 5.41) is 5.14. The minimum Gasteiger partial charge on any atom is -0.458 e. The Hall–Kier alpha value is -1.34. The lowest BCUT2D eigenvalue weighted by Gasteiger charge is -2.30. The molecule has 0 aromatic carbocycles. The van der Waals surface area contributed by atoms with E-state index in [9.17, 15) is 13.2 Å². The molecule has 2 N–H and O–H groups in total. The van der Waals surface area contributed by atoms with Crippen LogP contribution in [0.4, 0.5) is 0 Å². The molecular weight excluding hydrogens is 280 g/mol. The van der Waals surface area contributed by atoms with Gasteiger partial charge in [0.25, 0.3) is 0 Å². The zero-order valence-corrected chi connectivity index (χ0v) is 11.9. The molecule has 0 spiro atoms. The summed E-state index contributed by atoms with van der Waals surface area (Å²) in [6.07, 6.45) is 7.26. The normalized spacial score (nSPS) is 20.2. The van der Waals surface area contributed by atoms with E-state index in [4.69, 9.17) is 9.88 Å². The Balaban J connectivity index is 1.90. The Morgan fingerprint density at radius 2 is 1.90 bits per heavy atom. The first-order chi connectivity index (χ1) is 9.45. The summed E-state index contributed by atoms with van der Waals surface area (Å²) in [6, 6.07) is 1.50. The predicted molar refractivity (Wildman–Crippen MR) is 71.7 cm³/mol. The van der Waals surface area contributed by atoms with Gasteiger partial charge in [-0.05, 0) is 44.6 Å². The lowest BCUT2D eigenvalue weighted by molar-refractivity contribution is 0.00741. The first-order valence-electron chi connectivity index (χ1n) is 6.91. The Bertz CT molecular complexity index is 627. The number of ether oxygens (including phenoxy) is 1. The molecule has 0 atom stereocenters. The number of rotatable bonds is 4. The number of primary sulfonamides is 1. The molecule has 1 aromatic heterocycles. The molecule has 2 aliphatic carbocycles. The maximum Gasteiger partial charge on any atom is 0.355 e. The number of sulfonamides is 1. The van der Waals surface area contributed by atoms with Crippen LogP contribution in [0.3, 0.4) is 0 Å². The van der Waals surface area contributed by atoms with Crippen LogP contribution in [-0.2, 0) is 14.8 Å². The van der Waals surface area contributed by atoms with Gasteiger partial charge in [-0.15, -0.1) is 0 Å². The van der Waals surface area contributed by atoms with E-state index < -0.39 is 16.0 Å². The summed E-state index contributed by atoms with van der Waals surface area (Å²) in [5.74, 6) is -0.448. The van der Waals surface area contributed by atoms with Crippen LogP contribution in [0.1, 0.15) is 55.1 Å². The van der Waals surface area contributed by atoms with Gasteiger partial charge in [0.15, 0.2) is 0 Å². The topological polar surface area (TPSA) is 91.4 Å². The number of esters is 1. The molecule has 0 saturated heterocycles. The van der Waals surface area contributed by atoms with Crippen LogP contribution >= 0.6 is 0 Å². The molecule has 0 radical (unpaired) electrons. The molecule has 2 aliphatic rings. The predicted octanol–water partition coefficient (Wildman–Crippen LogP) is 1.57. The van der Waals surface area contributed by atoms with Crippen molar-refractivity contribution in [3.05, 3.63) is 18.0 Å². The molecule has 0 bridgehead atoms. The minimum atomic E-state index is -3.80. The molecule has 6 nitrogen and oxygen atoms in total. The lowest BCUT2D eigenvalue weighted by Crippen LogP contribution is -2.27. The molecule has 0 aliphatic heterocycles. The fourth-order valence-electron chi connectivity index (χ4n) is 2.44. The molecule has 7 heteroatoms. The van der Waals surface area contributed by atoms with Crippen LogP contribution in [0.15, 0.2) is 17.2 Å². The molecular formula is C13H18N2O4S. The van der Waals surface area contributed by atoms with Crippen LogP contribution in [0.2, 0.25) is 0 Å². The summed E-state index contributed by atoms with van der Waals surface area (Å²) in [6.45, 7) is 0. The second-order valence-corrected chi connectivity index (χ2v) is 7.12. The molecule has 1 aromatic rings. The molecule has 2 fully saturated rings. The molecule has 1 heterocycles. The molecule has 0 amide bonds. The van der Waals surface area contributed by atoms with E-state index in [1.54, 1.807) is 4.57 Å². The van der Waals surface area contributed by atoms with Crippen molar-refractivity contribution in [2.45, 2.75) is 55.6 Å². The van der Waals surface area contributed by atoms with Crippen LogP contribution in [0.25, 0.3) is 0 Å². The number of nitrogens with two attached hydrogens (primary N) is 1. The van der Waals surface area contributed by atoms with Crippen molar-refractivity contribution in [2.75, 3.05) is 0 Å². The van der Waals surface area contributed by atoms with Crippen LogP contribution in [0.5, 0.6) is 0 Å². The van der Waals surface area contributed by atoms with Gasteiger partial charge in [0.1, 0.15) is 16.7 Å². The van der Waals surface area contributed by atoms with Crippen molar-refractivity contribution in [2.24, 2.45) is 5.14 Å². The quantitative estimate of drug-likeness (QED) is 0.854. The van der Waals surface area contributed by atoms with Crippen molar-refractivity contribution < 1.29 is 17.9 Å². The molecule has 110 valence electrons. The van der Waals surface area contributed by atoms with E-state index in [0.717, 1.165) is 38.5 Å². The number of carbonyl (C=O) groups is 1. The van der Waals surface area contributed by atoms with E-state index in [1.165, 1.54) is 12.3 Å². The van der Waals surface area contributed by atoms with Gasteiger partial charge in [-0.2, -0.15) is 0 Å². The van der Waals surface area contributed by atoms with Crippen molar-refractivity contribution in [1.29, 1.82) is 0 Å². The highest BCUT2D eigenvalue weighted by Gasteiger charge is 2.30. The fraction of sp³-hybridized carbons (Fsp3) is 0.615. The Kier molecular flexibility index (Phi) is 3.33. The third-order valence-electron chi connectivity index (χ3n) is 4.16. The number of carbonyl (C=O) groups excluding carboxylic acids is 1. The molecule has 2 saturated carbocycles. The maximum absolute atomic E-state index is 12.2. The summed E-state index contributed by atoms with van der Waals surface area (Å²) in [4.78, 5) is 12.2. The van der Waals surface area contributed by atoms with Gasteiger partial charge in [-0.25, -0.2) is 18.4 Å². The highest BCUT2D eigenvalue weighted by molar-refractivity contribution is 7.89.